The molecule has 5 aromatic carbocycles. The first-order valence-electron chi connectivity index (χ1n) is 15.5. The Bertz CT molecular complexity index is 2330. The van der Waals surface area contributed by atoms with Gasteiger partial charge in [-0.05, 0) is 79.4 Å². The summed E-state index contributed by atoms with van der Waals surface area (Å²) in [6.45, 7) is 6.68. The van der Waals surface area contributed by atoms with Crippen LogP contribution in [0.25, 0.3) is 50.3 Å². The van der Waals surface area contributed by atoms with Gasteiger partial charge in [-0.3, -0.25) is 9.67 Å². The molecular formula is C41H34N4. The van der Waals surface area contributed by atoms with Gasteiger partial charge in [0.2, 0.25) is 0 Å². The summed E-state index contributed by atoms with van der Waals surface area (Å²) in [5, 5.41) is 4.67. The van der Waals surface area contributed by atoms with Crippen LogP contribution >= 0.6 is 0 Å². The lowest BCUT2D eigenvalue weighted by Crippen LogP contribution is -2.31. The Balaban J connectivity index is 1.34. The fraction of sp³-hybridized carbons (Fsp3) is 0.0976. The zero-order valence-electron chi connectivity index (χ0n) is 26.0. The van der Waals surface area contributed by atoms with Crippen molar-refractivity contribution in [2.24, 2.45) is 4.99 Å². The van der Waals surface area contributed by atoms with Gasteiger partial charge in [-0.1, -0.05) is 91.0 Å². The Hall–Kier alpha value is -5.61. The summed E-state index contributed by atoms with van der Waals surface area (Å²) in [4.78, 5) is 4.91. The van der Waals surface area contributed by atoms with Gasteiger partial charge in [-0.2, -0.15) is 0 Å². The van der Waals surface area contributed by atoms with Gasteiger partial charge in [0, 0.05) is 52.1 Å². The highest BCUT2D eigenvalue weighted by Gasteiger charge is 2.32. The van der Waals surface area contributed by atoms with E-state index in [1.807, 2.05) is 7.05 Å². The molecule has 0 bridgehead atoms. The van der Waals surface area contributed by atoms with Crippen molar-refractivity contribution in [1.29, 1.82) is 0 Å². The number of benzene rings is 5. The van der Waals surface area contributed by atoms with Crippen molar-refractivity contribution in [3.05, 3.63) is 155 Å². The van der Waals surface area contributed by atoms with E-state index < -0.39 is 0 Å². The highest BCUT2D eigenvalue weighted by Crippen LogP contribution is 2.42. The van der Waals surface area contributed by atoms with Crippen molar-refractivity contribution in [2.45, 2.75) is 20.8 Å². The summed E-state index contributed by atoms with van der Waals surface area (Å²) >= 11 is 0. The molecule has 0 amide bonds. The number of anilines is 1. The maximum absolute atomic E-state index is 4.91. The zero-order chi connectivity index (χ0) is 30.7. The van der Waals surface area contributed by atoms with Crippen LogP contribution in [0.5, 0.6) is 0 Å². The second-order valence-electron chi connectivity index (χ2n) is 11.8. The zero-order valence-corrected chi connectivity index (χ0v) is 26.0. The summed E-state index contributed by atoms with van der Waals surface area (Å²) in [6.07, 6.45) is 4.48. The normalized spacial score (nSPS) is 14.7. The van der Waals surface area contributed by atoms with E-state index in [0.29, 0.717) is 0 Å². The number of fused-ring (bicyclic) bond motifs is 3. The molecule has 4 nitrogen and oxygen atoms in total. The summed E-state index contributed by atoms with van der Waals surface area (Å²) in [6, 6.07) is 43.4. The molecule has 0 fully saturated rings. The van der Waals surface area contributed by atoms with Crippen molar-refractivity contribution in [1.82, 2.24) is 9.24 Å². The first-order chi connectivity index (χ1) is 22.1. The van der Waals surface area contributed by atoms with E-state index in [4.69, 9.17) is 4.99 Å². The quantitative estimate of drug-likeness (QED) is 0.203. The molecule has 0 saturated carbocycles. The number of aryl methyl sites for hydroxylation is 1. The molecule has 0 saturated heterocycles. The number of amidine groups is 1. The van der Waals surface area contributed by atoms with E-state index in [1.54, 1.807) is 0 Å². The second kappa shape index (κ2) is 10.5. The van der Waals surface area contributed by atoms with Crippen molar-refractivity contribution in [2.75, 3.05) is 12.1 Å². The van der Waals surface area contributed by atoms with Gasteiger partial charge in [0.15, 0.2) is 5.84 Å². The van der Waals surface area contributed by atoms with Crippen LogP contribution in [-0.4, -0.2) is 22.1 Å². The minimum absolute atomic E-state index is 0.923. The maximum atomic E-state index is 4.91. The smallest absolute Gasteiger partial charge is 0.155 e. The molecule has 3 heterocycles. The molecule has 1 aliphatic heterocycles. The maximum Gasteiger partial charge on any atom is 0.155 e. The Morgan fingerprint density at radius 3 is 2.09 bits per heavy atom. The third-order valence-corrected chi connectivity index (χ3v) is 9.30. The molecule has 4 heteroatoms. The van der Waals surface area contributed by atoms with Crippen LogP contribution in [0.2, 0.25) is 0 Å². The number of aliphatic imine (C=N–C) groups is 1. The lowest BCUT2D eigenvalue weighted by atomic mass is 9.95. The van der Waals surface area contributed by atoms with Crippen LogP contribution in [0.3, 0.4) is 0 Å². The lowest BCUT2D eigenvalue weighted by molar-refractivity contribution is 0.888. The van der Waals surface area contributed by atoms with Crippen molar-refractivity contribution in [3.63, 3.8) is 0 Å². The van der Waals surface area contributed by atoms with Gasteiger partial charge in [0.1, 0.15) is 0 Å². The number of aromatic nitrogens is 2. The molecular weight excluding hydrogens is 548 g/mol. The fourth-order valence-electron chi connectivity index (χ4n) is 7.11. The van der Waals surface area contributed by atoms with Crippen molar-refractivity contribution in [3.8, 4) is 16.8 Å². The van der Waals surface area contributed by atoms with Crippen LogP contribution in [0.4, 0.5) is 5.69 Å². The number of nitrogens with zero attached hydrogens (tertiary/aromatic N) is 4. The number of rotatable bonds is 4. The highest BCUT2D eigenvalue weighted by atomic mass is 15.6. The molecule has 7 aromatic rings. The van der Waals surface area contributed by atoms with Crippen LogP contribution < -0.4 is 5.01 Å². The third kappa shape index (κ3) is 4.10. The van der Waals surface area contributed by atoms with E-state index in [0.717, 1.165) is 22.6 Å². The number of para-hydroxylation sites is 3. The van der Waals surface area contributed by atoms with E-state index in [9.17, 15) is 0 Å². The van der Waals surface area contributed by atoms with Crippen LogP contribution in [0, 0.1) is 20.8 Å². The number of hydrogen-bond donors (Lipinski definition) is 0. The Morgan fingerprint density at radius 2 is 1.27 bits per heavy atom. The van der Waals surface area contributed by atoms with Gasteiger partial charge in [0.05, 0.1) is 16.7 Å². The van der Waals surface area contributed by atoms with Gasteiger partial charge < -0.3 is 4.57 Å². The second-order valence-corrected chi connectivity index (χ2v) is 11.8. The van der Waals surface area contributed by atoms with Crippen LogP contribution in [0.1, 0.15) is 27.9 Å². The minimum atomic E-state index is 0.923. The van der Waals surface area contributed by atoms with E-state index in [1.165, 1.54) is 61.1 Å². The average molecular weight is 583 g/mol. The predicted molar refractivity (Wildman–Crippen MR) is 190 cm³/mol. The molecule has 2 aromatic heterocycles. The van der Waals surface area contributed by atoms with Gasteiger partial charge in [-0.15, -0.1) is 0 Å². The molecule has 8 rings (SSSR count). The fourth-order valence-corrected chi connectivity index (χ4v) is 7.11. The molecule has 0 radical (unpaired) electrons. The van der Waals surface area contributed by atoms with Crippen molar-refractivity contribution < 1.29 is 0 Å². The topological polar surface area (TPSA) is 25.5 Å². The van der Waals surface area contributed by atoms with Gasteiger partial charge in [0.25, 0.3) is 0 Å². The van der Waals surface area contributed by atoms with E-state index in [-0.39, 0.29) is 0 Å². The summed E-state index contributed by atoms with van der Waals surface area (Å²) in [5.41, 5.74) is 14.4. The summed E-state index contributed by atoms with van der Waals surface area (Å²) < 4.78 is 4.65. The predicted octanol–water partition coefficient (Wildman–Crippen LogP) is 10.0. The van der Waals surface area contributed by atoms with Gasteiger partial charge >= 0.3 is 0 Å². The molecule has 45 heavy (non-hydrogen) atoms. The third-order valence-electron chi connectivity index (χ3n) is 9.30. The molecule has 0 spiro atoms. The largest absolute Gasteiger partial charge is 0.313 e. The minimum Gasteiger partial charge on any atom is -0.313 e. The average Bonchev–Trinajstić information content (AvgIpc) is 3.72. The first kappa shape index (κ1) is 27.0. The van der Waals surface area contributed by atoms with Crippen molar-refractivity contribution >= 4 is 45.0 Å². The molecule has 1 aliphatic rings. The number of hydrogen-bond acceptors (Lipinski definition) is 1. The Labute approximate surface area is 263 Å². The molecule has 0 N–H and O–H groups in total. The molecule has 0 aliphatic carbocycles. The van der Waals surface area contributed by atoms with Gasteiger partial charge in [-0.25, -0.2) is 5.01 Å². The standard InChI is InChI=1S/C41H34N4/c1-27-14-5-7-16-31(27)32-19-13-23-37(28(32)2)44-29(3)35(33-17-8-11-21-39(33)44)26-36-34-18-9-12-22-40(34)45(41(36)42-4)43-25-24-30-15-6-10-20-38(30)43/h5-26H,1-4H3/b36-26-,42-41?. The first-order valence-corrected chi connectivity index (χ1v) is 15.5. The monoisotopic (exact) mass is 582 g/mol. The van der Waals surface area contributed by atoms with Crippen LogP contribution in [0.15, 0.2) is 133 Å². The molecule has 0 atom stereocenters. The van der Waals surface area contributed by atoms with E-state index in [2.05, 4.69) is 169 Å². The van der Waals surface area contributed by atoms with E-state index >= 15 is 0 Å². The Morgan fingerprint density at radius 1 is 0.600 bits per heavy atom. The summed E-state index contributed by atoms with van der Waals surface area (Å²) in [5.74, 6) is 0.923. The van der Waals surface area contributed by atoms with Crippen LogP contribution in [-0.2, 0) is 0 Å². The summed E-state index contributed by atoms with van der Waals surface area (Å²) in [7, 11) is 1.89. The highest BCUT2D eigenvalue weighted by molar-refractivity contribution is 6.38. The molecule has 0 unspecified atom stereocenters. The lowest BCUT2D eigenvalue weighted by Gasteiger charge is -2.22. The SMILES string of the molecule is CN=C1/C(=C\c2c(C)n(-c3cccc(-c4ccccc4C)c3C)c3ccccc23)c2ccccc2N1n1ccc2ccccc21. The molecule has 218 valence electrons. The Kier molecular flexibility index (Phi) is 6.31.